The minimum Gasteiger partial charge on any atom is -0.497 e. The predicted octanol–water partition coefficient (Wildman–Crippen LogP) is 3.47. The summed E-state index contributed by atoms with van der Waals surface area (Å²) in [6, 6.07) is 8.50. The summed E-state index contributed by atoms with van der Waals surface area (Å²) in [5.41, 5.74) is 2.10. The van der Waals surface area contributed by atoms with Crippen LogP contribution in [0.25, 0.3) is 11.5 Å². The molecule has 0 aliphatic carbocycles. The Bertz CT molecular complexity index is 1050. The van der Waals surface area contributed by atoms with Crippen molar-refractivity contribution in [1.82, 2.24) is 20.2 Å². The molecule has 1 amide bonds. The lowest BCUT2D eigenvalue weighted by Crippen LogP contribution is -2.38. The van der Waals surface area contributed by atoms with E-state index in [9.17, 15) is 9.18 Å². The van der Waals surface area contributed by atoms with E-state index in [2.05, 4.69) is 20.2 Å². The fourth-order valence-electron chi connectivity index (χ4n) is 3.75. The number of ether oxygens (including phenoxy) is 1. The van der Waals surface area contributed by atoms with Crippen LogP contribution in [0.5, 0.6) is 5.75 Å². The molecule has 8 heteroatoms. The van der Waals surface area contributed by atoms with E-state index >= 15 is 0 Å². The highest BCUT2D eigenvalue weighted by Gasteiger charge is 2.25. The maximum atomic E-state index is 14.4. The predicted molar refractivity (Wildman–Crippen MR) is 113 cm³/mol. The number of carbonyl (C=O) groups excluding carboxylic acids is 1. The molecule has 31 heavy (non-hydrogen) atoms. The Balaban J connectivity index is 1.57. The lowest BCUT2D eigenvalue weighted by Gasteiger charge is -2.25. The molecule has 7 nitrogen and oxygen atoms in total. The number of carbonyl (C=O) groups is 1. The number of oxazole rings is 1. The van der Waals surface area contributed by atoms with Gasteiger partial charge >= 0.3 is 0 Å². The normalized spacial score (nSPS) is 16.0. The van der Waals surface area contributed by atoms with Gasteiger partial charge in [0.2, 0.25) is 11.8 Å². The molecule has 1 aliphatic rings. The molecule has 0 radical (unpaired) electrons. The second-order valence-corrected chi connectivity index (χ2v) is 7.70. The van der Waals surface area contributed by atoms with Gasteiger partial charge in [-0.15, -0.1) is 0 Å². The second-order valence-electron chi connectivity index (χ2n) is 7.70. The van der Waals surface area contributed by atoms with Gasteiger partial charge in [0.15, 0.2) is 0 Å². The molecule has 0 unspecified atom stereocenters. The summed E-state index contributed by atoms with van der Waals surface area (Å²) in [6.07, 6.45) is 4.88. The standard InChI is InChI=1S/C23H25FN4O3/c1-15-21(27-23(31-15)19-11-18(30-2)4-5-20(19)24)14-28(12-16-7-9-25-10-8-16)13-17-3-6-22(29)26-17/h4-5,7-11,17H,3,6,12-14H2,1-2H3,(H,26,29)/t17-/m0/s1. The molecule has 3 heterocycles. The van der Waals surface area contributed by atoms with Gasteiger partial charge in [0.05, 0.1) is 18.4 Å². The van der Waals surface area contributed by atoms with Gasteiger partial charge in [0.25, 0.3) is 0 Å². The van der Waals surface area contributed by atoms with E-state index in [1.165, 1.54) is 13.2 Å². The Hall–Kier alpha value is -3.26. The van der Waals surface area contributed by atoms with Gasteiger partial charge in [-0.1, -0.05) is 0 Å². The fraction of sp³-hybridized carbons (Fsp3) is 0.348. The number of benzene rings is 1. The fourth-order valence-corrected chi connectivity index (χ4v) is 3.75. The number of rotatable bonds is 8. The quantitative estimate of drug-likeness (QED) is 0.596. The molecule has 2 aromatic heterocycles. The maximum Gasteiger partial charge on any atom is 0.229 e. The first-order chi connectivity index (χ1) is 15.0. The largest absolute Gasteiger partial charge is 0.497 e. The van der Waals surface area contributed by atoms with Crippen molar-refractivity contribution in [3.63, 3.8) is 0 Å². The smallest absolute Gasteiger partial charge is 0.229 e. The van der Waals surface area contributed by atoms with Gasteiger partial charge in [0, 0.05) is 44.5 Å². The van der Waals surface area contributed by atoms with E-state index in [-0.39, 0.29) is 23.4 Å². The van der Waals surface area contributed by atoms with Crippen molar-refractivity contribution >= 4 is 5.91 Å². The van der Waals surface area contributed by atoms with Crippen molar-refractivity contribution in [2.24, 2.45) is 0 Å². The highest BCUT2D eigenvalue weighted by atomic mass is 19.1. The molecule has 3 aromatic rings. The van der Waals surface area contributed by atoms with E-state index in [0.29, 0.717) is 37.6 Å². The van der Waals surface area contributed by atoms with Crippen molar-refractivity contribution in [2.75, 3.05) is 13.7 Å². The van der Waals surface area contributed by atoms with Gasteiger partial charge in [-0.3, -0.25) is 14.7 Å². The van der Waals surface area contributed by atoms with Crippen LogP contribution in [0, 0.1) is 12.7 Å². The molecule has 0 spiro atoms. The molecule has 1 N–H and O–H groups in total. The van der Waals surface area contributed by atoms with Crippen LogP contribution in [0.2, 0.25) is 0 Å². The lowest BCUT2D eigenvalue weighted by atomic mass is 10.1. The summed E-state index contributed by atoms with van der Waals surface area (Å²) in [6.45, 7) is 3.69. The Labute approximate surface area is 180 Å². The second kappa shape index (κ2) is 9.26. The SMILES string of the molecule is COc1ccc(F)c(-c2nc(CN(Cc3ccncc3)C[C@@H]3CCC(=O)N3)c(C)o2)c1. The van der Waals surface area contributed by atoms with Crippen LogP contribution in [0.4, 0.5) is 4.39 Å². The van der Waals surface area contributed by atoms with Crippen molar-refractivity contribution in [3.05, 3.63) is 65.6 Å². The number of nitrogens with zero attached hydrogens (tertiary/aromatic N) is 3. The van der Waals surface area contributed by atoms with Crippen LogP contribution in [-0.2, 0) is 17.9 Å². The summed E-state index contributed by atoms with van der Waals surface area (Å²) >= 11 is 0. The average Bonchev–Trinajstić information content (AvgIpc) is 3.34. The van der Waals surface area contributed by atoms with Crippen LogP contribution in [0.1, 0.15) is 29.9 Å². The van der Waals surface area contributed by atoms with Gasteiger partial charge in [-0.2, -0.15) is 0 Å². The number of aromatic nitrogens is 2. The Morgan fingerprint density at radius 2 is 2.06 bits per heavy atom. The Kier molecular flexibility index (Phi) is 6.27. The first-order valence-corrected chi connectivity index (χ1v) is 10.2. The Morgan fingerprint density at radius 3 is 2.77 bits per heavy atom. The molecular formula is C23H25FN4O3. The molecule has 4 rings (SSSR count). The van der Waals surface area contributed by atoms with Crippen LogP contribution >= 0.6 is 0 Å². The number of pyridine rings is 1. The molecule has 0 saturated carbocycles. The molecule has 1 saturated heterocycles. The van der Waals surface area contributed by atoms with E-state index < -0.39 is 5.82 Å². The summed E-state index contributed by atoms with van der Waals surface area (Å²) in [7, 11) is 1.53. The van der Waals surface area contributed by atoms with E-state index in [1.54, 1.807) is 24.5 Å². The number of hydrogen-bond acceptors (Lipinski definition) is 6. The number of nitrogens with one attached hydrogen (secondary N) is 1. The van der Waals surface area contributed by atoms with Crippen molar-refractivity contribution < 1.29 is 18.3 Å². The third-order valence-electron chi connectivity index (χ3n) is 5.39. The lowest BCUT2D eigenvalue weighted by molar-refractivity contribution is -0.119. The van der Waals surface area contributed by atoms with E-state index in [1.807, 2.05) is 19.1 Å². The maximum absolute atomic E-state index is 14.4. The van der Waals surface area contributed by atoms with Gasteiger partial charge in [0.1, 0.15) is 17.3 Å². The van der Waals surface area contributed by atoms with Crippen LogP contribution in [-0.4, -0.2) is 40.5 Å². The van der Waals surface area contributed by atoms with Crippen LogP contribution in [0.3, 0.4) is 0 Å². The number of halogens is 1. The minimum atomic E-state index is -0.420. The van der Waals surface area contributed by atoms with Gasteiger partial charge in [-0.05, 0) is 49.2 Å². The molecule has 0 bridgehead atoms. The molecule has 1 aliphatic heterocycles. The third-order valence-corrected chi connectivity index (χ3v) is 5.39. The average molecular weight is 424 g/mol. The van der Waals surface area contributed by atoms with Crippen LogP contribution in [0.15, 0.2) is 47.1 Å². The van der Waals surface area contributed by atoms with Crippen molar-refractivity contribution in [1.29, 1.82) is 0 Å². The van der Waals surface area contributed by atoms with E-state index in [4.69, 9.17) is 9.15 Å². The van der Waals surface area contributed by atoms with E-state index in [0.717, 1.165) is 17.7 Å². The summed E-state index contributed by atoms with van der Waals surface area (Å²) < 4.78 is 25.4. The number of aryl methyl sites for hydroxylation is 1. The molecule has 1 atom stereocenters. The first-order valence-electron chi connectivity index (χ1n) is 10.2. The molecule has 162 valence electrons. The zero-order valence-electron chi connectivity index (χ0n) is 17.6. The summed E-state index contributed by atoms with van der Waals surface area (Å²) in [4.78, 5) is 22.5. The molecule has 1 aromatic carbocycles. The minimum absolute atomic E-state index is 0.0854. The number of amides is 1. The van der Waals surface area contributed by atoms with Gasteiger partial charge < -0.3 is 14.5 Å². The summed E-state index contributed by atoms with van der Waals surface area (Å²) in [5, 5.41) is 3.02. The molecule has 1 fully saturated rings. The monoisotopic (exact) mass is 424 g/mol. The highest BCUT2D eigenvalue weighted by molar-refractivity contribution is 5.78. The summed E-state index contributed by atoms with van der Waals surface area (Å²) in [5.74, 6) is 1.05. The first kappa shape index (κ1) is 21.0. The van der Waals surface area contributed by atoms with Gasteiger partial charge in [-0.25, -0.2) is 9.37 Å². The zero-order chi connectivity index (χ0) is 21.8. The third kappa shape index (κ3) is 5.08. The topological polar surface area (TPSA) is 80.5 Å². The number of hydrogen-bond donors (Lipinski definition) is 1. The Morgan fingerprint density at radius 1 is 1.26 bits per heavy atom. The molecular weight excluding hydrogens is 399 g/mol. The number of methoxy groups -OCH3 is 1. The highest BCUT2D eigenvalue weighted by Crippen LogP contribution is 2.28. The van der Waals surface area contributed by atoms with Crippen LogP contribution < -0.4 is 10.1 Å². The van der Waals surface area contributed by atoms with Crippen molar-refractivity contribution in [3.8, 4) is 17.2 Å². The zero-order valence-corrected chi connectivity index (χ0v) is 17.6. The van der Waals surface area contributed by atoms with Crippen molar-refractivity contribution in [2.45, 2.75) is 38.9 Å².